The lowest BCUT2D eigenvalue weighted by atomic mass is 10.1. The molecular weight excluding hydrogens is 318 g/mol. The Morgan fingerprint density at radius 2 is 1.91 bits per heavy atom. The minimum atomic E-state index is -3.81. The van der Waals surface area contributed by atoms with Crippen LogP contribution in [0.15, 0.2) is 0 Å². The van der Waals surface area contributed by atoms with E-state index in [0.717, 1.165) is 31.5 Å². The highest BCUT2D eigenvalue weighted by Gasteiger charge is 2.39. The summed E-state index contributed by atoms with van der Waals surface area (Å²) in [4.78, 5) is 11.4. The van der Waals surface area contributed by atoms with Crippen LogP contribution in [0.1, 0.15) is 69.6 Å². The van der Waals surface area contributed by atoms with Crippen LogP contribution in [0.4, 0.5) is 0 Å². The maximum Gasteiger partial charge on any atom is 0.321 e. The van der Waals surface area contributed by atoms with Crippen LogP contribution in [-0.2, 0) is 20.4 Å². The first-order valence-corrected chi connectivity index (χ1v) is 9.89. The summed E-state index contributed by atoms with van der Waals surface area (Å²) in [6.07, 6.45) is 4.29. The maximum atomic E-state index is 12.6. The molecule has 1 N–H and O–H groups in total. The zero-order valence-corrected chi connectivity index (χ0v) is 14.3. The van der Waals surface area contributed by atoms with E-state index in [9.17, 15) is 18.3 Å². The number of carbonyl (C=O) groups is 1. The Kier molecular flexibility index (Phi) is 4.20. The van der Waals surface area contributed by atoms with Crippen molar-refractivity contribution >= 4 is 15.8 Å². The second kappa shape index (κ2) is 5.89. The van der Waals surface area contributed by atoms with Crippen LogP contribution >= 0.6 is 0 Å². The molecule has 7 nitrogen and oxygen atoms in total. The van der Waals surface area contributed by atoms with Crippen molar-refractivity contribution < 1.29 is 18.3 Å². The molecule has 2 aliphatic carbocycles. The summed E-state index contributed by atoms with van der Waals surface area (Å²) in [6, 6.07) is 0.291. The van der Waals surface area contributed by atoms with Gasteiger partial charge in [0.15, 0.2) is 15.1 Å². The fourth-order valence-electron chi connectivity index (χ4n) is 2.90. The molecule has 0 unspecified atom stereocenters. The van der Waals surface area contributed by atoms with Crippen molar-refractivity contribution in [2.24, 2.45) is 5.92 Å². The van der Waals surface area contributed by atoms with Crippen molar-refractivity contribution in [3.8, 4) is 0 Å². The summed E-state index contributed by atoms with van der Waals surface area (Å²) in [5, 5.41) is 16.2. The predicted octanol–water partition coefficient (Wildman–Crippen LogP) is 1.90. The molecule has 23 heavy (non-hydrogen) atoms. The smallest absolute Gasteiger partial charge is 0.321 e. The Balaban J connectivity index is 1.86. The number of aromatic nitrogens is 3. The Labute approximate surface area is 136 Å². The number of carboxylic acid groups (broad SMARTS) is 1. The minimum Gasteiger partial charge on any atom is -0.480 e. The van der Waals surface area contributed by atoms with Crippen LogP contribution in [0.5, 0.6) is 0 Å². The highest BCUT2D eigenvalue weighted by atomic mass is 32.2. The summed E-state index contributed by atoms with van der Waals surface area (Å²) in [5.41, 5.74) is 0. The van der Waals surface area contributed by atoms with Gasteiger partial charge >= 0.3 is 5.97 Å². The summed E-state index contributed by atoms with van der Waals surface area (Å²) in [5.74, 6) is 0.0588. The number of hydrogen-bond acceptors (Lipinski definition) is 5. The van der Waals surface area contributed by atoms with Gasteiger partial charge in [0.25, 0.3) is 0 Å². The fourth-order valence-corrected chi connectivity index (χ4v) is 4.64. The van der Waals surface area contributed by atoms with Gasteiger partial charge in [-0.05, 0) is 38.0 Å². The maximum absolute atomic E-state index is 12.6. The number of carboxylic acids is 1. The minimum absolute atomic E-state index is 0.00537. The van der Waals surface area contributed by atoms with Gasteiger partial charge < -0.3 is 9.67 Å². The second-order valence-electron chi connectivity index (χ2n) is 7.11. The van der Waals surface area contributed by atoms with E-state index in [1.165, 1.54) is 0 Å². The van der Waals surface area contributed by atoms with Gasteiger partial charge in [-0.15, -0.1) is 10.2 Å². The Bertz CT molecular complexity index is 702. The highest BCUT2D eigenvalue weighted by Crippen LogP contribution is 2.45. The largest absolute Gasteiger partial charge is 0.480 e. The van der Waals surface area contributed by atoms with Gasteiger partial charge in [-0.25, -0.2) is 8.42 Å². The molecule has 0 amide bonds. The molecule has 2 aliphatic rings. The SMILES string of the molecule is CC(C)C[C@@H](C(=O)O)S(=O)(=O)Cc1nnc(C2CC2)n1C1CC1. The van der Waals surface area contributed by atoms with E-state index in [2.05, 4.69) is 10.2 Å². The van der Waals surface area contributed by atoms with Crippen molar-refractivity contribution in [2.45, 2.75) is 68.9 Å². The quantitative estimate of drug-likeness (QED) is 0.775. The Morgan fingerprint density at radius 1 is 1.26 bits per heavy atom. The monoisotopic (exact) mass is 341 g/mol. The van der Waals surface area contributed by atoms with Crippen molar-refractivity contribution in [1.29, 1.82) is 0 Å². The van der Waals surface area contributed by atoms with Gasteiger partial charge in [0.2, 0.25) is 0 Å². The van der Waals surface area contributed by atoms with Crippen molar-refractivity contribution in [2.75, 3.05) is 0 Å². The topological polar surface area (TPSA) is 102 Å². The summed E-state index contributed by atoms with van der Waals surface area (Å²) >= 11 is 0. The van der Waals surface area contributed by atoms with Crippen molar-refractivity contribution in [1.82, 2.24) is 14.8 Å². The fraction of sp³-hybridized carbons (Fsp3) is 0.800. The standard InChI is InChI=1S/C15H23N3O4S/c1-9(2)7-12(15(19)20)23(21,22)8-13-16-17-14(10-3-4-10)18(13)11-5-6-11/h9-12H,3-8H2,1-2H3,(H,19,20)/t12-/m0/s1. The van der Waals surface area contributed by atoms with Gasteiger partial charge in [-0.3, -0.25) is 4.79 Å². The second-order valence-corrected chi connectivity index (χ2v) is 9.30. The van der Waals surface area contributed by atoms with Crippen LogP contribution < -0.4 is 0 Å². The summed E-state index contributed by atoms with van der Waals surface area (Å²) in [7, 11) is -3.81. The zero-order chi connectivity index (χ0) is 16.8. The molecule has 3 rings (SSSR count). The van der Waals surface area contributed by atoms with E-state index in [4.69, 9.17) is 0 Å². The molecule has 0 spiro atoms. The molecule has 0 radical (unpaired) electrons. The van der Waals surface area contributed by atoms with E-state index < -0.39 is 21.1 Å². The third kappa shape index (κ3) is 3.57. The van der Waals surface area contributed by atoms with Gasteiger partial charge in [-0.1, -0.05) is 13.8 Å². The molecule has 2 fully saturated rings. The number of hydrogen-bond donors (Lipinski definition) is 1. The molecule has 1 aromatic heterocycles. The third-order valence-corrected chi connectivity index (χ3v) is 6.29. The first-order valence-electron chi connectivity index (χ1n) is 8.17. The van der Waals surface area contributed by atoms with Crippen LogP contribution in [0, 0.1) is 5.92 Å². The number of aliphatic carboxylic acids is 1. The zero-order valence-electron chi connectivity index (χ0n) is 13.5. The van der Waals surface area contributed by atoms with Crippen LogP contribution in [0.2, 0.25) is 0 Å². The summed E-state index contributed by atoms with van der Waals surface area (Å²) < 4.78 is 27.2. The van der Waals surface area contributed by atoms with Gasteiger partial charge in [-0.2, -0.15) is 0 Å². The lowest BCUT2D eigenvalue weighted by Crippen LogP contribution is -2.33. The average molecular weight is 341 g/mol. The molecule has 0 aliphatic heterocycles. The first-order chi connectivity index (χ1) is 10.8. The molecule has 1 atom stereocenters. The molecule has 2 saturated carbocycles. The van der Waals surface area contributed by atoms with Gasteiger partial charge in [0, 0.05) is 12.0 Å². The summed E-state index contributed by atoms with van der Waals surface area (Å²) in [6.45, 7) is 3.65. The number of nitrogens with zero attached hydrogens (tertiary/aromatic N) is 3. The normalized spacial score (nSPS) is 20.0. The third-order valence-electron chi connectivity index (χ3n) is 4.37. The molecule has 0 bridgehead atoms. The molecule has 8 heteroatoms. The molecule has 1 aromatic rings. The van der Waals surface area contributed by atoms with E-state index in [0.29, 0.717) is 17.8 Å². The first kappa shape index (κ1) is 16.4. The van der Waals surface area contributed by atoms with Crippen LogP contribution in [0.3, 0.4) is 0 Å². The van der Waals surface area contributed by atoms with E-state index in [1.54, 1.807) is 0 Å². The van der Waals surface area contributed by atoms with Crippen molar-refractivity contribution in [3.05, 3.63) is 11.6 Å². The lowest BCUT2D eigenvalue weighted by molar-refractivity contribution is -0.136. The highest BCUT2D eigenvalue weighted by molar-refractivity contribution is 7.92. The molecule has 0 saturated heterocycles. The van der Waals surface area contributed by atoms with E-state index >= 15 is 0 Å². The van der Waals surface area contributed by atoms with Crippen molar-refractivity contribution in [3.63, 3.8) is 0 Å². The Hall–Kier alpha value is -1.44. The average Bonchev–Trinajstić information content (AvgIpc) is 3.34. The predicted molar refractivity (Wildman–Crippen MR) is 83.8 cm³/mol. The molecular formula is C15H23N3O4S. The molecule has 128 valence electrons. The van der Waals surface area contributed by atoms with Gasteiger partial charge in [0.05, 0.1) is 0 Å². The lowest BCUT2D eigenvalue weighted by Gasteiger charge is -2.16. The van der Waals surface area contributed by atoms with Gasteiger partial charge in [0.1, 0.15) is 17.4 Å². The van der Waals surface area contributed by atoms with E-state index in [-0.39, 0.29) is 18.1 Å². The number of sulfone groups is 1. The Morgan fingerprint density at radius 3 is 2.39 bits per heavy atom. The van der Waals surface area contributed by atoms with Crippen LogP contribution in [0.25, 0.3) is 0 Å². The van der Waals surface area contributed by atoms with Crippen LogP contribution in [-0.4, -0.2) is 39.5 Å². The molecule has 1 heterocycles. The van der Waals surface area contributed by atoms with E-state index in [1.807, 2.05) is 18.4 Å². The number of rotatable bonds is 8. The molecule has 0 aromatic carbocycles.